The Morgan fingerprint density at radius 3 is 2.52 bits per heavy atom. The Hall–Kier alpha value is -3.32. The first kappa shape index (κ1) is 19.0. The molecule has 0 N–H and O–H groups in total. The molecule has 0 unspecified atom stereocenters. The fraction of sp³-hybridized carbons (Fsp3) is 0.190. The molecule has 0 amide bonds. The number of methoxy groups -OCH3 is 2. The van der Waals surface area contributed by atoms with Crippen LogP contribution in [0, 0.1) is 0 Å². The Morgan fingerprint density at radius 1 is 1.03 bits per heavy atom. The van der Waals surface area contributed by atoms with E-state index in [2.05, 4.69) is 10.1 Å². The molecule has 0 aliphatic heterocycles. The molecule has 8 heteroatoms. The second-order valence-corrected chi connectivity index (χ2v) is 6.89. The van der Waals surface area contributed by atoms with Gasteiger partial charge in [-0.2, -0.15) is 5.10 Å². The molecule has 0 saturated heterocycles. The van der Waals surface area contributed by atoms with E-state index < -0.39 is 0 Å². The minimum Gasteiger partial charge on any atom is -0.493 e. The molecule has 2 heterocycles. The van der Waals surface area contributed by atoms with Gasteiger partial charge in [-0.15, -0.1) is 0 Å². The molecule has 4 rings (SSSR count). The fourth-order valence-electron chi connectivity index (χ4n) is 3.16. The van der Waals surface area contributed by atoms with E-state index in [1.807, 2.05) is 30.3 Å². The Labute approximate surface area is 172 Å². The number of hydrogen-bond donors (Lipinski definition) is 0. The summed E-state index contributed by atoms with van der Waals surface area (Å²) in [4.78, 5) is 17.3. The zero-order chi connectivity index (χ0) is 20.4. The van der Waals surface area contributed by atoms with Crippen molar-refractivity contribution in [1.82, 2.24) is 19.3 Å². The average Bonchev–Trinajstić information content (AvgIpc) is 3.18. The van der Waals surface area contributed by atoms with E-state index in [0.29, 0.717) is 40.5 Å². The van der Waals surface area contributed by atoms with Crippen LogP contribution in [0.5, 0.6) is 11.5 Å². The summed E-state index contributed by atoms with van der Waals surface area (Å²) < 4.78 is 13.8. The second-order valence-electron chi connectivity index (χ2n) is 6.45. The third-order valence-corrected chi connectivity index (χ3v) is 4.97. The lowest BCUT2D eigenvalue weighted by Crippen LogP contribution is -2.21. The van der Waals surface area contributed by atoms with Crippen LogP contribution >= 0.6 is 11.6 Å². The molecular formula is C21H19ClN4O3. The maximum atomic E-state index is 12.9. The summed E-state index contributed by atoms with van der Waals surface area (Å²) in [6.07, 6.45) is 3.75. The normalized spacial score (nSPS) is 11.0. The highest BCUT2D eigenvalue weighted by atomic mass is 35.5. The highest BCUT2D eigenvalue weighted by molar-refractivity contribution is 6.30. The molecule has 0 bridgehead atoms. The van der Waals surface area contributed by atoms with Crippen LogP contribution in [0.2, 0.25) is 5.02 Å². The van der Waals surface area contributed by atoms with Gasteiger partial charge < -0.3 is 9.47 Å². The minimum atomic E-state index is -0.129. The van der Waals surface area contributed by atoms with Gasteiger partial charge >= 0.3 is 0 Å². The number of aromatic nitrogens is 4. The molecule has 0 aliphatic rings. The standard InChI is InChI=1S/C21H19ClN4O3/c1-28-18-8-3-14(11-19(18)29-2)9-10-25-13-23-20-17(21(25)27)12-24-26(20)16-6-4-15(22)5-7-16/h3-8,11-13H,9-10H2,1-2H3. The Kier molecular flexibility index (Phi) is 5.22. The smallest absolute Gasteiger partial charge is 0.264 e. The Bertz CT molecular complexity index is 1220. The third-order valence-electron chi connectivity index (χ3n) is 4.72. The van der Waals surface area contributed by atoms with E-state index in [-0.39, 0.29) is 5.56 Å². The second kappa shape index (κ2) is 7.97. The predicted octanol–water partition coefficient (Wildman–Crippen LogP) is 3.50. The Morgan fingerprint density at radius 2 is 1.79 bits per heavy atom. The summed E-state index contributed by atoms with van der Waals surface area (Å²) in [6, 6.07) is 12.9. The Balaban J connectivity index is 1.60. The first-order chi connectivity index (χ1) is 14.1. The van der Waals surface area contributed by atoms with E-state index in [1.165, 1.54) is 0 Å². The van der Waals surface area contributed by atoms with Gasteiger partial charge in [-0.1, -0.05) is 17.7 Å². The van der Waals surface area contributed by atoms with Crippen molar-refractivity contribution in [2.45, 2.75) is 13.0 Å². The highest BCUT2D eigenvalue weighted by Crippen LogP contribution is 2.27. The number of benzene rings is 2. The summed E-state index contributed by atoms with van der Waals surface area (Å²) in [5, 5.41) is 5.43. The number of rotatable bonds is 6. The molecule has 7 nitrogen and oxygen atoms in total. The van der Waals surface area contributed by atoms with Crippen LogP contribution in [0.1, 0.15) is 5.56 Å². The van der Waals surface area contributed by atoms with E-state index >= 15 is 0 Å². The zero-order valence-corrected chi connectivity index (χ0v) is 16.8. The van der Waals surface area contributed by atoms with Crippen molar-refractivity contribution < 1.29 is 9.47 Å². The topological polar surface area (TPSA) is 71.2 Å². The zero-order valence-electron chi connectivity index (χ0n) is 16.0. The molecule has 0 radical (unpaired) electrons. The molecular weight excluding hydrogens is 392 g/mol. The van der Waals surface area contributed by atoms with E-state index in [4.69, 9.17) is 21.1 Å². The third kappa shape index (κ3) is 3.69. The first-order valence-corrected chi connectivity index (χ1v) is 9.38. The molecule has 148 valence electrons. The van der Waals surface area contributed by atoms with Crippen LogP contribution in [0.4, 0.5) is 0 Å². The van der Waals surface area contributed by atoms with Crippen molar-refractivity contribution in [3.63, 3.8) is 0 Å². The van der Waals surface area contributed by atoms with Gasteiger partial charge in [-0.25, -0.2) is 9.67 Å². The van der Waals surface area contributed by atoms with Crippen molar-refractivity contribution >= 4 is 22.6 Å². The summed E-state index contributed by atoms with van der Waals surface area (Å²) in [7, 11) is 3.20. The van der Waals surface area contributed by atoms with Crippen molar-refractivity contribution in [3.05, 3.63) is 75.9 Å². The lowest BCUT2D eigenvalue weighted by Gasteiger charge is -2.10. The molecule has 2 aromatic carbocycles. The number of hydrogen-bond acceptors (Lipinski definition) is 5. The van der Waals surface area contributed by atoms with Crippen molar-refractivity contribution in [2.24, 2.45) is 0 Å². The summed E-state index contributed by atoms with van der Waals surface area (Å²) in [5.74, 6) is 1.33. The quantitative estimate of drug-likeness (QED) is 0.486. The monoisotopic (exact) mass is 410 g/mol. The van der Waals surface area contributed by atoms with Crippen molar-refractivity contribution in [1.29, 1.82) is 0 Å². The number of ether oxygens (including phenoxy) is 2. The van der Waals surface area contributed by atoms with Crippen LogP contribution in [0.3, 0.4) is 0 Å². The van der Waals surface area contributed by atoms with Gasteiger partial charge in [0.15, 0.2) is 17.1 Å². The first-order valence-electron chi connectivity index (χ1n) is 9.00. The lowest BCUT2D eigenvalue weighted by molar-refractivity contribution is 0.354. The van der Waals surface area contributed by atoms with Gasteiger partial charge in [0.25, 0.3) is 5.56 Å². The summed E-state index contributed by atoms with van der Waals surface area (Å²) >= 11 is 5.95. The summed E-state index contributed by atoms with van der Waals surface area (Å²) in [5.41, 5.74) is 2.21. The number of aryl methyl sites for hydroxylation is 2. The number of halogens is 1. The number of nitrogens with zero attached hydrogens (tertiary/aromatic N) is 4. The van der Waals surface area contributed by atoms with Gasteiger partial charge in [-0.3, -0.25) is 9.36 Å². The SMILES string of the molecule is COc1ccc(CCn2cnc3c(cnn3-c3ccc(Cl)cc3)c2=O)cc1OC. The largest absolute Gasteiger partial charge is 0.493 e. The van der Waals surface area contributed by atoms with E-state index in [9.17, 15) is 4.79 Å². The lowest BCUT2D eigenvalue weighted by atomic mass is 10.1. The molecule has 29 heavy (non-hydrogen) atoms. The van der Waals surface area contributed by atoms with E-state index in [0.717, 1.165) is 11.3 Å². The predicted molar refractivity (Wildman–Crippen MR) is 111 cm³/mol. The molecule has 4 aromatic rings. The molecule has 0 aliphatic carbocycles. The van der Waals surface area contributed by atoms with Gasteiger partial charge in [0.1, 0.15) is 5.39 Å². The molecule has 0 atom stereocenters. The number of fused-ring (bicyclic) bond motifs is 1. The minimum absolute atomic E-state index is 0.129. The van der Waals surface area contributed by atoms with Crippen LogP contribution < -0.4 is 15.0 Å². The van der Waals surface area contributed by atoms with Gasteiger partial charge in [0, 0.05) is 11.6 Å². The van der Waals surface area contributed by atoms with Gasteiger partial charge in [-0.05, 0) is 48.4 Å². The van der Waals surface area contributed by atoms with Crippen molar-refractivity contribution in [2.75, 3.05) is 14.2 Å². The van der Waals surface area contributed by atoms with Crippen LogP contribution in [-0.2, 0) is 13.0 Å². The summed E-state index contributed by atoms with van der Waals surface area (Å²) in [6.45, 7) is 0.489. The molecule has 0 fully saturated rings. The molecule has 0 saturated carbocycles. The maximum Gasteiger partial charge on any atom is 0.264 e. The van der Waals surface area contributed by atoms with Crippen LogP contribution in [-0.4, -0.2) is 33.6 Å². The average molecular weight is 411 g/mol. The molecule has 2 aromatic heterocycles. The van der Waals surface area contributed by atoms with Gasteiger partial charge in [0.2, 0.25) is 0 Å². The molecule has 0 spiro atoms. The maximum absolute atomic E-state index is 12.9. The van der Waals surface area contributed by atoms with Crippen LogP contribution in [0.25, 0.3) is 16.7 Å². The van der Waals surface area contributed by atoms with Crippen LogP contribution in [0.15, 0.2) is 59.8 Å². The van der Waals surface area contributed by atoms with Crippen molar-refractivity contribution in [3.8, 4) is 17.2 Å². The van der Waals surface area contributed by atoms with Gasteiger partial charge in [0.05, 0.1) is 32.4 Å². The van der Waals surface area contributed by atoms with E-state index in [1.54, 1.807) is 48.1 Å². The highest BCUT2D eigenvalue weighted by Gasteiger charge is 2.12. The fourth-order valence-corrected chi connectivity index (χ4v) is 3.29.